The SMILES string of the molecule is CC1CCCC(NC(=O)COC(=O)c2cc(-c3ccccc3Cl)nc3ccccc23)C1C. The number of carbonyl (C=O) groups is 2. The van der Waals surface area contributed by atoms with E-state index in [0.29, 0.717) is 39.0 Å². The monoisotopic (exact) mass is 450 g/mol. The maximum absolute atomic E-state index is 13.0. The lowest BCUT2D eigenvalue weighted by Gasteiger charge is -2.34. The summed E-state index contributed by atoms with van der Waals surface area (Å²) in [7, 11) is 0. The van der Waals surface area contributed by atoms with E-state index in [2.05, 4.69) is 24.1 Å². The summed E-state index contributed by atoms with van der Waals surface area (Å²) < 4.78 is 5.41. The lowest BCUT2D eigenvalue weighted by Crippen LogP contribution is -2.45. The summed E-state index contributed by atoms with van der Waals surface area (Å²) in [6, 6.07) is 16.5. The number of halogens is 1. The molecule has 3 atom stereocenters. The van der Waals surface area contributed by atoms with Crippen molar-refractivity contribution in [2.24, 2.45) is 11.8 Å². The average Bonchev–Trinajstić information content (AvgIpc) is 2.80. The fraction of sp³-hybridized carbons (Fsp3) is 0.346. The van der Waals surface area contributed by atoms with Crippen molar-refractivity contribution in [2.75, 3.05) is 6.61 Å². The summed E-state index contributed by atoms with van der Waals surface area (Å²) in [5.41, 5.74) is 2.33. The van der Waals surface area contributed by atoms with Gasteiger partial charge >= 0.3 is 5.97 Å². The zero-order valence-electron chi connectivity index (χ0n) is 18.3. The number of para-hydroxylation sites is 1. The van der Waals surface area contributed by atoms with Crippen molar-refractivity contribution in [1.29, 1.82) is 0 Å². The first-order valence-electron chi connectivity index (χ1n) is 11.0. The van der Waals surface area contributed by atoms with E-state index < -0.39 is 5.97 Å². The van der Waals surface area contributed by atoms with Crippen LogP contribution in [-0.4, -0.2) is 29.5 Å². The highest BCUT2D eigenvalue weighted by atomic mass is 35.5. The molecule has 0 saturated heterocycles. The summed E-state index contributed by atoms with van der Waals surface area (Å²) in [5, 5.41) is 4.26. The molecule has 5 nitrogen and oxygen atoms in total. The van der Waals surface area contributed by atoms with E-state index in [1.54, 1.807) is 12.1 Å². The Morgan fingerprint density at radius 2 is 1.84 bits per heavy atom. The molecule has 3 aromatic rings. The van der Waals surface area contributed by atoms with Crippen molar-refractivity contribution in [2.45, 2.75) is 39.2 Å². The summed E-state index contributed by atoms with van der Waals surface area (Å²) in [6.07, 6.45) is 3.25. The molecule has 0 bridgehead atoms. The zero-order valence-corrected chi connectivity index (χ0v) is 19.1. The third kappa shape index (κ3) is 4.78. The minimum Gasteiger partial charge on any atom is -0.452 e. The third-order valence-electron chi connectivity index (χ3n) is 6.47. The van der Waals surface area contributed by atoms with E-state index >= 15 is 0 Å². The fourth-order valence-corrected chi connectivity index (χ4v) is 4.63. The summed E-state index contributed by atoms with van der Waals surface area (Å²) in [5.74, 6) is 0.153. The molecule has 0 aliphatic heterocycles. The Labute approximate surface area is 193 Å². The maximum atomic E-state index is 13.0. The van der Waals surface area contributed by atoms with Crippen LogP contribution >= 0.6 is 11.6 Å². The second-order valence-electron chi connectivity index (χ2n) is 8.57. The van der Waals surface area contributed by atoms with Crippen LogP contribution in [0.2, 0.25) is 5.02 Å². The van der Waals surface area contributed by atoms with Gasteiger partial charge in [-0.3, -0.25) is 4.79 Å². The van der Waals surface area contributed by atoms with Crippen LogP contribution in [0.15, 0.2) is 54.6 Å². The van der Waals surface area contributed by atoms with Gasteiger partial charge in [-0.25, -0.2) is 9.78 Å². The first kappa shape index (κ1) is 22.3. The molecule has 1 fully saturated rings. The number of hydrogen-bond donors (Lipinski definition) is 1. The number of hydrogen-bond acceptors (Lipinski definition) is 4. The van der Waals surface area contributed by atoms with Crippen molar-refractivity contribution in [1.82, 2.24) is 10.3 Å². The van der Waals surface area contributed by atoms with Crippen LogP contribution in [0, 0.1) is 11.8 Å². The topological polar surface area (TPSA) is 68.3 Å². The summed E-state index contributed by atoms with van der Waals surface area (Å²) in [6.45, 7) is 4.07. The number of nitrogens with zero attached hydrogens (tertiary/aromatic N) is 1. The van der Waals surface area contributed by atoms with Gasteiger partial charge in [0.25, 0.3) is 5.91 Å². The molecule has 2 aromatic carbocycles. The number of rotatable bonds is 5. The molecular weight excluding hydrogens is 424 g/mol. The average molecular weight is 451 g/mol. The van der Waals surface area contributed by atoms with Gasteiger partial charge in [0.15, 0.2) is 6.61 Å². The summed E-state index contributed by atoms with van der Waals surface area (Å²) >= 11 is 6.35. The largest absolute Gasteiger partial charge is 0.452 e. The van der Waals surface area contributed by atoms with Crippen molar-refractivity contribution in [3.63, 3.8) is 0 Å². The first-order valence-corrected chi connectivity index (χ1v) is 11.4. The molecule has 32 heavy (non-hydrogen) atoms. The maximum Gasteiger partial charge on any atom is 0.339 e. The van der Waals surface area contributed by atoms with Crippen LogP contribution in [0.5, 0.6) is 0 Å². The molecule has 166 valence electrons. The molecule has 4 rings (SSSR count). The molecular formula is C26H27ClN2O3. The van der Waals surface area contributed by atoms with Gasteiger partial charge in [0, 0.05) is 22.0 Å². The normalized spacial score (nSPS) is 20.7. The number of esters is 1. The van der Waals surface area contributed by atoms with Gasteiger partial charge in [-0.15, -0.1) is 0 Å². The molecule has 0 spiro atoms. The standard InChI is InChI=1S/C26H27ClN2O3/c1-16-8-7-13-22(17(16)2)29-25(30)15-32-26(31)20-14-24(19-10-3-5-11-21(19)27)28-23-12-6-4-9-18(20)23/h3-6,9-12,14,16-17,22H,7-8,13,15H2,1-2H3,(H,29,30). The van der Waals surface area contributed by atoms with Gasteiger partial charge in [0.05, 0.1) is 16.8 Å². The number of ether oxygens (including phenoxy) is 1. The van der Waals surface area contributed by atoms with E-state index in [1.807, 2.05) is 42.5 Å². The highest BCUT2D eigenvalue weighted by Gasteiger charge is 2.28. The lowest BCUT2D eigenvalue weighted by atomic mass is 9.78. The smallest absolute Gasteiger partial charge is 0.339 e. The van der Waals surface area contributed by atoms with E-state index in [4.69, 9.17) is 16.3 Å². The minimum atomic E-state index is -0.558. The second-order valence-corrected chi connectivity index (χ2v) is 8.98. The number of benzene rings is 2. The quantitative estimate of drug-likeness (QED) is 0.510. The molecule has 1 aliphatic rings. The number of pyridine rings is 1. The van der Waals surface area contributed by atoms with Crippen molar-refractivity contribution in [3.8, 4) is 11.3 Å². The summed E-state index contributed by atoms with van der Waals surface area (Å²) in [4.78, 5) is 30.1. The number of carbonyl (C=O) groups excluding carboxylic acids is 2. The molecule has 1 saturated carbocycles. The first-order chi connectivity index (χ1) is 15.4. The highest BCUT2D eigenvalue weighted by Crippen LogP contribution is 2.31. The molecule has 1 amide bonds. The van der Waals surface area contributed by atoms with Crippen molar-refractivity contribution in [3.05, 3.63) is 65.2 Å². The van der Waals surface area contributed by atoms with Gasteiger partial charge in [-0.2, -0.15) is 0 Å². The van der Waals surface area contributed by atoms with Crippen LogP contribution in [0.1, 0.15) is 43.5 Å². The minimum absolute atomic E-state index is 0.124. The van der Waals surface area contributed by atoms with Crippen LogP contribution in [0.3, 0.4) is 0 Å². The number of amides is 1. The Hall–Kier alpha value is -2.92. The van der Waals surface area contributed by atoms with E-state index in [-0.39, 0.29) is 18.6 Å². The van der Waals surface area contributed by atoms with Gasteiger partial charge in [-0.05, 0) is 36.5 Å². The molecule has 1 heterocycles. The van der Waals surface area contributed by atoms with Crippen LogP contribution in [0.4, 0.5) is 0 Å². The number of fused-ring (bicyclic) bond motifs is 1. The number of nitrogens with one attached hydrogen (secondary N) is 1. The van der Waals surface area contributed by atoms with Crippen LogP contribution in [0.25, 0.3) is 22.2 Å². The van der Waals surface area contributed by atoms with E-state index in [0.717, 1.165) is 18.4 Å². The Morgan fingerprint density at radius 1 is 1.09 bits per heavy atom. The molecule has 3 unspecified atom stereocenters. The zero-order chi connectivity index (χ0) is 22.7. The van der Waals surface area contributed by atoms with Gasteiger partial charge in [0.2, 0.25) is 0 Å². The molecule has 1 N–H and O–H groups in total. The van der Waals surface area contributed by atoms with Crippen LogP contribution < -0.4 is 5.32 Å². The molecule has 0 radical (unpaired) electrons. The Bertz CT molecular complexity index is 1150. The fourth-order valence-electron chi connectivity index (χ4n) is 4.39. The predicted octanol–water partition coefficient (Wildman–Crippen LogP) is 5.65. The van der Waals surface area contributed by atoms with Crippen molar-refractivity contribution >= 4 is 34.4 Å². The second kappa shape index (κ2) is 9.70. The Morgan fingerprint density at radius 3 is 2.66 bits per heavy atom. The van der Waals surface area contributed by atoms with E-state index in [9.17, 15) is 9.59 Å². The highest BCUT2D eigenvalue weighted by molar-refractivity contribution is 6.33. The predicted molar refractivity (Wildman–Crippen MR) is 127 cm³/mol. The Kier molecular flexibility index (Phi) is 6.75. The Balaban J connectivity index is 1.53. The van der Waals surface area contributed by atoms with Crippen LogP contribution in [-0.2, 0) is 9.53 Å². The molecule has 6 heteroatoms. The van der Waals surface area contributed by atoms with Gasteiger partial charge in [-0.1, -0.05) is 74.7 Å². The number of aromatic nitrogens is 1. The van der Waals surface area contributed by atoms with E-state index in [1.165, 1.54) is 6.42 Å². The molecule has 1 aliphatic carbocycles. The van der Waals surface area contributed by atoms with Gasteiger partial charge in [0.1, 0.15) is 0 Å². The van der Waals surface area contributed by atoms with Crippen molar-refractivity contribution < 1.29 is 14.3 Å². The molecule has 1 aromatic heterocycles. The third-order valence-corrected chi connectivity index (χ3v) is 6.80. The van der Waals surface area contributed by atoms with Gasteiger partial charge < -0.3 is 10.1 Å². The lowest BCUT2D eigenvalue weighted by molar-refractivity contribution is -0.125.